The van der Waals surface area contributed by atoms with Crippen LogP contribution in [0.25, 0.3) is 0 Å². The zero-order chi connectivity index (χ0) is 21.6. The summed E-state index contributed by atoms with van der Waals surface area (Å²) in [6.45, 7) is 7.92. The molecule has 0 aliphatic carbocycles. The van der Waals surface area contributed by atoms with Crippen molar-refractivity contribution in [1.82, 2.24) is 20.0 Å². The maximum Gasteiger partial charge on any atom is 0.222 e. The molecule has 6 nitrogen and oxygen atoms in total. The second-order valence-electron chi connectivity index (χ2n) is 8.08. The lowest BCUT2D eigenvalue weighted by Crippen LogP contribution is -2.45. The number of carbonyl (C=O) groups is 1. The second-order valence-corrected chi connectivity index (χ2v) is 9.06. The van der Waals surface area contributed by atoms with Crippen LogP contribution < -0.4 is 5.32 Å². The van der Waals surface area contributed by atoms with Gasteiger partial charge < -0.3 is 10.1 Å². The first kappa shape index (κ1) is 21.7. The monoisotopic (exact) mass is 438 g/mol. The zero-order valence-corrected chi connectivity index (χ0v) is 19.0. The average Bonchev–Trinajstić information content (AvgIpc) is 3.41. The van der Waals surface area contributed by atoms with Gasteiger partial charge in [-0.05, 0) is 36.9 Å². The molecule has 164 valence electrons. The molecular weight excluding hydrogens is 408 g/mol. The van der Waals surface area contributed by atoms with E-state index in [1.54, 1.807) is 11.3 Å². The Bertz CT molecular complexity index is 971. The molecule has 3 aromatic rings. The van der Waals surface area contributed by atoms with Crippen molar-refractivity contribution in [2.75, 3.05) is 26.2 Å². The van der Waals surface area contributed by atoms with Crippen LogP contribution >= 0.6 is 11.3 Å². The highest BCUT2D eigenvalue weighted by atomic mass is 32.1. The van der Waals surface area contributed by atoms with Crippen molar-refractivity contribution in [2.45, 2.75) is 39.0 Å². The van der Waals surface area contributed by atoms with Crippen LogP contribution in [-0.2, 0) is 16.1 Å². The van der Waals surface area contributed by atoms with E-state index in [0.29, 0.717) is 13.0 Å². The summed E-state index contributed by atoms with van der Waals surface area (Å²) in [5.74, 6) is 0.0730. The molecule has 1 aliphatic rings. The Balaban J connectivity index is 1.31. The number of ether oxygens (including phenoxy) is 1. The smallest absolute Gasteiger partial charge is 0.222 e. The van der Waals surface area contributed by atoms with Crippen LogP contribution in [0.5, 0.6) is 0 Å². The lowest BCUT2D eigenvalue weighted by atomic mass is 10.1. The number of aryl methyl sites for hydroxylation is 2. The molecule has 0 bridgehead atoms. The van der Waals surface area contributed by atoms with E-state index in [9.17, 15) is 4.79 Å². The quantitative estimate of drug-likeness (QED) is 0.584. The fourth-order valence-corrected chi connectivity index (χ4v) is 4.86. The topological polar surface area (TPSA) is 59.4 Å². The molecular formula is C24H30N4O2S. The first-order valence-corrected chi connectivity index (χ1v) is 11.7. The maximum atomic E-state index is 12.8. The number of aromatic nitrogens is 2. The molecule has 2 aromatic heterocycles. The largest absolute Gasteiger partial charge is 0.374 e. The molecule has 0 radical (unpaired) electrons. The van der Waals surface area contributed by atoms with E-state index in [1.807, 2.05) is 41.3 Å². The summed E-state index contributed by atoms with van der Waals surface area (Å²) in [7, 11) is 0. The van der Waals surface area contributed by atoms with Gasteiger partial charge in [-0.25, -0.2) is 0 Å². The number of amides is 1. The van der Waals surface area contributed by atoms with Crippen LogP contribution in [0.1, 0.15) is 34.3 Å². The molecule has 1 aliphatic heterocycles. The molecule has 2 unspecified atom stereocenters. The molecule has 7 heteroatoms. The van der Waals surface area contributed by atoms with Gasteiger partial charge in [0.15, 0.2) is 0 Å². The predicted octanol–water partition coefficient (Wildman–Crippen LogP) is 3.56. The van der Waals surface area contributed by atoms with Gasteiger partial charge in [0.25, 0.3) is 0 Å². The Labute approximate surface area is 187 Å². The molecule has 1 fully saturated rings. The number of morpholine rings is 1. The van der Waals surface area contributed by atoms with E-state index in [0.717, 1.165) is 48.0 Å². The van der Waals surface area contributed by atoms with Crippen LogP contribution in [0.3, 0.4) is 0 Å². The van der Waals surface area contributed by atoms with E-state index >= 15 is 0 Å². The number of carbonyl (C=O) groups excluding carboxylic acids is 1. The van der Waals surface area contributed by atoms with Crippen LogP contribution in [0, 0.1) is 13.8 Å². The number of thiophene rings is 1. The first-order chi connectivity index (χ1) is 15.1. The normalized spacial score (nSPS) is 18.1. The first-order valence-electron chi connectivity index (χ1n) is 10.8. The standard InChI is InChI=1S/C24H30N4O2S/c1-18-15-19(2)28(26-18)17-21-16-27(12-13-30-21)11-10-23(29)25-24(22-9-6-14-31-22)20-7-4-3-5-8-20/h3-9,14-15,21,24H,10-13,16-17H2,1-2H3,(H,25,29). The van der Waals surface area contributed by atoms with Crippen LogP contribution in [-0.4, -0.2) is 52.9 Å². The molecule has 1 amide bonds. The van der Waals surface area contributed by atoms with Crippen LogP contribution in [0.4, 0.5) is 0 Å². The fourth-order valence-electron chi connectivity index (χ4n) is 4.06. The third-order valence-electron chi connectivity index (χ3n) is 5.62. The predicted molar refractivity (Wildman–Crippen MR) is 123 cm³/mol. The molecule has 4 rings (SSSR count). The highest BCUT2D eigenvalue weighted by Crippen LogP contribution is 2.26. The molecule has 1 aromatic carbocycles. The molecule has 1 saturated heterocycles. The number of benzene rings is 1. The van der Waals surface area contributed by atoms with Crippen molar-refractivity contribution >= 4 is 17.2 Å². The van der Waals surface area contributed by atoms with Gasteiger partial charge in [-0.3, -0.25) is 14.4 Å². The summed E-state index contributed by atoms with van der Waals surface area (Å²) >= 11 is 1.67. The summed E-state index contributed by atoms with van der Waals surface area (Å²) in [5.41, 5.74) is 3.29. The molecule has 1 N–H and O–H groups in total. The summed E-state index contributed by atoms with van der Waals surface area (Å²) < 4.78 is 7.97. The number of rotatable bonds is 8. The Morgan fingerprint density at radius 3 is 2.81 bits per heavy atom. The average molecular weight is 439 g/mol. The summed E-state index contributed by atoms with van der Waals surface area (Å²) in [5, 5.41) is 9.83. The third-order valence-corrected chi connectivity index (χ3v) is 6.56. The highest BCUT2D eigenvalue weighted by Gasteiger charge is 2.23. The van der Waals surface area contributed by atoms with E-state index in [1.165, 1.54) is 0 Å². The molecule has 2 atom stereocenters. The van der Waals surface area contributed by atoms with E-state index < -0.39 is 0 Å². The van der Waals surface area contributed by atoms with Crippen molar-refractivity contribution in [3.8, 4) is 0 Å². The molecule has 3 heterocycles. The van der Waals surface area contributed by atoms with Crippen molar-refractivity contribution in [3.63, 3.8) is 0 Å². The maximum absolute atomic E-state index is 12.8. The Hall–Kier alpha value is -2.48. The third kappa shape index (κ3) is 5.81. The number of hydrogen-bond donors (Lipinski definition) is 1. The minimum Gasteiger partial charge on any atom is -0.374 e. The van der Waals surface area contributed by atoms with Gasteiger partial charge in [0, 0.05) is 36.6 Å². The van der Waals surface area contributed by atoms with E-state index in [4.69, 9.17) is 4.74 Å². The number of nitrogens with zero attached hydrogens (tertiary/aromatic N) is 3. The highest BCUT2D eigenvalue weighted by molar-refractivity contribution is 7.10. The minimum absolute atomic E-state index is 0.0730. The summed E-state index contributed by atoms with van der Waals surface area (Å²) in [6, 6.07) is 16.2. The van der Waals surface area contributed by atoms with Gasteiger partial charge in [-0.15, -0.1) is 11.3 Å². The van der Waals surface area contributed by atoms with Crippen molar-refractivity contribution in [2.24, 2.45) is 0 Å². The summed E-state index contributed by atoms with van der Waals surface area (Å²) in [4.78, 5) is 16.3. The second kappa shape index (κ2) is 10.2. The summed E-state index contributed by atoms with van der Waals surface area (Å²) in [6.07, 6.45) is 0.569. The van der Waals surface area contributed by atoms with Crippen LogP contribution in [0.15, 0.2) is 53.9 Å². The van der Waals surface area contributed by atoms with Gasteiger partial charge in [-0.1, -0.05) is 36.4 Å². The molecule has 31 heavy (non-hydrogen) atoms. The Morgan fingerprint density at radius 2 is 2.10 bits per heavy atom. The minimum atomic E-state index is -0.0998. The Morgan fingerprint density at radius 1 is 1.26 bits per heavy atom. The van der Waals surface area contributed by atoms with Crippen molar-refractivity contribution < 1.29 is 9.53 Å². The lowest BCUT2D eigenvalue weighted by molar-refractivity contribution is -0.122. The molecule has 0 saturated carbocycles. The SMILES string of the molecule is Cc1cc(C)n(CC2CN(CCC(=O)NC(c3ccccc3)c3cccs3)CCO2)n1. The van der Waals surface area contributed by atoms with Gasteiger partial charge in [0.2, 0.25) is 5.91 Å². The Kier molecular flexibility index (Phi) is 7.17. The van der Waals surface area contributed by atoms with Crippen LogP contribution in [0.2, 0.25) is 0 Å². The van der Waals surface area contributed by atoms with E-state index in [-0.39, 0.29) is 18.1 Å². The molecule has 0 spiro atoms. The fraction of sp³-hybridized carbons (Fsp3) is 0.417. The number of hydrogen-bond acceptors (Lipinski definition) is 5. The number of nitrogens with one attached hydrogen (secondary N) is 1. The lowest BCUT2D eigenvalue weighted by Gasteiger charge is -2.33. The van der Waals surface area contributed by atoms with Gasteiger partial charge in [0.05, 0.1) is 31.0 Å². The van der Waals surface area contributed by atoms with Crippen molar-refractivity contribution in [3.05, 3.63) is 75.7 Å². The zero-order valence-electron chi connectivity index (χ0n) is 18.2. The van der Waals surface area contributed by atoms with Gasteiger partial charge in [-0.2, -0.15) is 5.10 Å². The van der Waals surface area contributed by atoms with Gasteiger partial charge in [0.1, 0.15) is 0 Å². The van der Waals surface area contributed by atoms with Gasteiger partial charge >= 0.3 is 0 Å². The van der Waals surface area contributed by atoms with Crippen molar-refractivity contribution in [1.29, 1.82) is 0 Å². The van der Waals surface area contributed by atoms with E-state index in [2.05, 4.69) is 46.5 Å².